The number of anilines is 1. The van der Waals surface area contributed by atoms with Crippen molar-refractivity contribution in [3.05, 3.63) is 29.8 Å². The second-order valence-electron chi connectivity index (χ2n) is 7.90. The molecule has 0 unspecified atom stereocenters. The zero-order chi connectivity index (χ0) is 20.8. The Morgan fingerprint density at radius 2 is 1.66 bits per heavy atom. The van der Waals surface area contributed by atoms with Crippen LogP contribution in [0.3, 0.4) is 0 Å². The highest BCUT2D eigenvalue weighted by molar-refractivity contribution is 5.94. The van der Waals surface area contributed by atoms with Crippen LogP contribution in [0.5, 0.6) is 0 Å². The topological polar surface area (TPSA) is 55.9 Å². The Bertz CT molecular complexity index is 715. The summed E-state index contributed by atoms with van der Waals surface area (Å²) in [7, 11) is 0. The SMILES string of the molecule is C[C@H](C(=O)Nc1ccc(F)cc1F)N1CCN(CC(=O)N2CCCCCC2)CC1. The molecule has 29 heavy (non-hydrogen) atoms. The standard InChI is InChI=1S/C21H30F2N4O2/c1-16(21(29)24-19-7-6-17(22)14-18(19)23)26-12-10-25(11-13-26)15-20(28)27-8-4-2-3-5-9-27/h6-7,14,16H,2-5,8-13,15H2,1H3,(H,24,29)/t16-/m1/s1. The van der Waals surface area contributed by atoms with Gasteiger partial charge in [0.15, 0.2) is 0 Å². The van der Waals surface area contributed by atoms with Crippen molar-refractivity contribution in [2.24, 2.45) is 0 Å². The van der Waals surface area contributed by atoms with E-state index in [0.717, 1.165) is 38.1 Å². The van der Waals surface area contributed by atoms with E-state index in [0.29, 0.717) is 32.7 Å². The summed E-state index contributed by atoms with van der Waals surface area (Å²) < 4.78 is 26.8. The largest absolute Gasteiger partial charge is 0.342 e. The maximum absolute atomic E-state index is 13.8. The van der Waals surface area contributed by atoms with Gasteiger partial charge in [-0.3, -0.25) is 19.4 Å². The van der Waals surface area contributed by atoms with Gasteiger partial charge in [0.25, 0.3) is 0 Å². The van der Waals surface area contributed by atoms with E-state index in [9.17, 15) is 18.4 Å². The molecule has 1 aromatic rings. The van der Waals surface area contributed by atoms with Gasteiger partial charge in [-0.25, -0.2) is 8.78 Å². The van der Waals surface area contributed by atoms with E-state index in [1.165, 1.54) is 18.9 Å². The molecule has 0 saturated carbocycles. The molecule has 1 N–H and O–H groups in total. The first-order valence-electron chi connectivity index (χ1n) is 10.4. The molecule has 0 spiro atoms. The first-order valence-corrected chi connectivity index (χ1v) is 10.4. The van der Waals surface area contributed by atoms with Gasteiger partial charge in [-0.15, -0.1) is 0 Å². The van der Waals surface area contributed by atoms with Gasteiger partial charge in [0.1, 0.15) is 11.6 Å². The lowest BCUT2D eigenvalue weighted by atomic mass is 10.2. The third kappa shape index (κ3) is 5.96. The maximum Gasteiger partial charge on any atom is 0.241 e. The number of benzene rings is 1. The number of halogens is 2. The maximum atomic E-state index is 13.8. The molecular weight excluding hydrogens is 378 g/mol. The van der Waals surface area contributed by atoms with E-state index in [2.05, 4.69) is 10.2 Å². The van der Waals surface area contributed by atoms with Crippen molar-refractivity contribution in [2.45, 2.75) is 38.6 Å². The van der Waals surface area contributed by atoms with E-state index in [1.807, 2.05) is 9.80 Å². The van der Waals surface area contributed by atoms with Crippen molar-refractivity contribution < 1.29 is 18.4 Å². The second kappa shape index (κ2) is 10.1. The molecule has 2 heterocycles. The Kier molecular flexibility index (Phi) is 7.55. The van der Waals surface area contributed by atoms with Gasteiger partial charge in [0.2, 0.25) is 11.8 Å². The van der Waals surface area contributed by atoms with Crippen molar-refractivity contribution in [1.29, 1.82) is 0 Å². The van der Waals surface area contributed by atoms with Gasteiger partial charge in [-0.05, 0) is 31.9 Å². The number of amides is 2. The number of rotatable bonds is 5. The summed E-state index contributed by atoms with van der Waals surface area (Å²) in [6, 6.07) is 2.65. The van der Waals surface area contributed by atoms with Gasteiger partial charge in [-0.2, -0.15) is 0 Å². The first kappa shape index (κ1) is 21.6. The number of piperazine rings is 1. The minimum absolute atomic E-state index is 0.0232. The third-order valence-corrected chi connectivity index (χ3v) is 5.84. The Labute approximate surface area is 170 Å². The lowest BCUT2D eigenvalue weighted by molar-refractivity contribution is -0.133. The molecule has 0 radical (unpaired) electrons. The Balaban J connectivity index is 1.45. The zero-order valence-electron chi connectivity index (χ0n) is 17.0. The van der Waals surface area contributed by atoms with Crippen LogP contribution in [0, 0.1) is 11.6 Å². The highest BCUT2D eigenvalue weighted by Gasteiger charge is 2.27. The molecule has 160 valence electrons. The van der Waals surface area contributed by atoms with Crippen LogP contribution in [0.15, 0.2) is 18.2 Å². The molecule has 2 amide bonds. The van der Waals surface area contributed by atoms with E-state index in [-0.39, 0.29) is 17.5 Å². The summed E-state index contributed by atoms with van der Waals surface area (Å²) >= 11 is 0. The minimum atomic E-state index is -0.789. The minimum Gasteiger partial charge on any atom is -0.342 e. The van der Waals surface area contributed by atoms with E-state index >= 15 is 0 Å². The normalized spacial score (nSPS) is 20.2. The van der Waals surface area contributed by atoms with Crippen molar-refractivity contribution in [1.82, 2.24) is 14.7 Å². The molecule has 8 heteroatoms. The summed E-state index contributed by atoms with van der Waals surface area (Å²) in [6.45, 7) is 6.65. The highest BCUT2D eigenvalue weighted by Crippen LogP contribution is 2.17. The highest BCUT2D eigenvalue weighted by atomic mass is 19.1. The zero-order valence-corrected chi connectivity index (χ0v) is 17.0. The molecule has 1 aromatic carbocycles. The van der Waals surface area contributed by atoms with E-state index in [1.54, 1.807) is 6.92 Å². The quantitative estimate of drug-likeness (QED) is 0.813. The van der Waals surface area contributed by atoms with Gasteiger partial charge >= 0.3 is 0 Å². The fourth-order valence-corrected chi connectivity index (χ4v) is 3.91. The summed E-state index contributed by atoms with van der Waals surface area (Å²) in [5.74, 6) is -1.61. The van der Waals surface area contributed by atoms with Crippen molar-refractivity contribution in [3.63, 3.8) is 0 Å². The molecule has 1 atom stereocenters. The number of nitrogens with one attached hydrogen (secondary N) is 1. The van der Waals surface area contributed by atoms with Crippen molar-refractivity contribution >= 4 is 17.5 Å². The average Bonchev–Trinajstić information content (AvgIpc) is 3.00. The van der Waals surface area contributed by atoms with Gasteiger partial charge in [0.05, 0.1) is 18.3 Å². The van der Waals surface area contributed by atoms with Crippen LogP contribution in [0.25, 0.3) is 0 Å². The van der Waals surface area contributed by atoms with Crippen LogP contribution in [0.4, 0.5) is 14.5 Å². The van der Waals surface area contributed by atoms with Crippen LogP contribution >= 0.6 is 0 Å². The lowest BCUT2D eigenvalue weighted by Crippen LogP contribution is -2.54. The monoisotopic (exact) mass is 408 g/mol. The predicted octanol–water partition coefficient (Wildman–Crippen LogP) is 2.31. The van der Waals surface area contributed by atoms with Gasteiger partial charge in [-0.1, -0.05) is 12.8 Å². The molecule has 6 nitrogen and oxygen atoms in total. The molecule has 0 aromatic heterocycles. The average molecular weight is 408 g/mol. The number of hydrogen-bond donors (Lipinski definition) is 1. The molecule has 2 aliphatic heterocycles. The summed E-state index contributed by atoms with van der Waals surface area (Å²) in [5, 5.41) is 2.53. The number of likely N-dealkylation sites (tertiary alicyclic amines) is 1. The molecule has 2 aliphatic rings. The van der Waals surface area contributed by atoms with Crippen LogP contribution in [-0.2, 0) is 9.59 Å². The van der Waals surface area contributed by atoms with E-state index < -0.39 is 17.7 Å². The van der Waals surface area contributed by atoms with Crippen molar-refractivity contribution in [3.8, 4) is 0 Å². The third-order valence-electron chi connectivity index (χ3n) is 5.84. The molecule has 3 rings (SSSR count). The van der Waals surface area contributed by atoms with Crippen LogP contribution < -0.4 is 5.32 Å². The summed E-state index contributed by atoms with van der Waals surface area (Å²) in [5.41, 5.74) is -0.0232. The molecule has 0 aliphatic carbocycles. The fraction of sp³-hybridized carbons (Fsp3) is 0.619. The second-order valence-corrected chi connectivity index (χ2v) is 7.90. The number of carbonyl (C=O) groups is 2. The predicted molar refractivity (Wildman–Crippen MR) is 108 cm³/mol. The number of hydrogen-bond acceptors (Lipinski definition) is 4. The molecule has 2 fully saturated rings. The molecular formula is C21H30F2N4O2. The Morgan fingerprint density at radius 1 is 1.00 bits per heavy atom. The fourth-order valence-electron chi connectivity index (χ4n) is 3.91. The Hall–Kier alpha value is -2.06. The first-order chi connectivity index (χ1) is 13.9. The van der Waals surface area contributed by atoms with Gasteiger partial charge in [0, 0.05) is 45.3 Å². The van der Waals surface area contributed by atoms with Crippen molar-refractivity contribution in [2.75, 3.05) is 51.1 Å². The summed E-state index contributed by atoms with van der Waals surface area (Å²) in [6.07, 6.45) is 4.57. The Morgan fingerprint density at radius 3 is 2.28 bits per heavy atom. The number of nitrogens with zero attached hydrogens (tertiary/aromatic N) is 3. The summed E-state index contributed by atoms with van der Waals surface area (Å²) in [4.78, 5) is 31.1. The van der Waals surface area contributed by atoms with Crippen LogP contribution in [0.1, 0.15) is 32.6 Å². The van der Waals surface area contributed by atoms with Gasteiger partial charge < -0.3 is 10.2 Å². The molecule has 0 bridgehead atoms. The smallest absolute Gasteiger partial charge is 0.241 e. The van der Waals surface area contributed by atoms with Crippen LogP contribution in [0.2, 0.25) is 0 Å². The molecule has 2 saturated heterocycles. The lowest BCUT2D eigenvalue weighted by Gasteiger charge is -2.37. The van der Waals surface area contributed by atoms with Crippen LogP contribution in [-0.4, -0.2) is 78.4 Å². The van der Waals surface area contributed by atoms with E-state index in [4.69, 9.17) is 0 Å². The number of carbonyl (C=O) groups excluding carboxylic acids is 2.